The summed E-state index contributed by atoms with van der Waals surface area (Å²) < 4.78 is 11.1. The third-order valence-electron chi connectivity index (χ3n) is 4.76. The van der Waals surface area contributed by atoms with E-state index in [1.807, 2.05) is 18.2 Å². The van der Waals surface area contributed by atoms with Crippen LogP contribution in [0, 0.1) is 0 Å². The molecule has 2 N–H and O–H groups in total. The van der Waals surface area contributed by atoms with Gasteiger partial charge in [-0.2, -0.15) is 0 Å². The van der Waals surface area contributed by atoms with Gasteiger partial charge in [0, 0.05) is 12.1 Å². The topological polar surface area (TPSA) is 76.7 Å². The largest absolute Gasteiger partial charge is 0.493 e. The maximum absolute atomic E-state index is 12.0. The second-order valence-corrected chi connectivity index (χ2v) is 7.07. The molecule has 6 nitrogen and oxygen atoms in total. The van der Waals surface area contributed by atoms with E-state index in [1.54, 1.807) is 13.2 Å². The van der Waals surface area contributed by atoms with E-state index in [0.717, 1.165) is 44.1 Å². The van der Waals surface area contributed by atoms with Crippen LogP contribution in [0.1, 0.15) is 57.4 Å². The number of rotatable bonds is 10. The maximum atomic E-state index is 12.0. The van der Waals surface area contributed by atoms with Crippen LogP contribution >= 0.6 is 0 Å². The van der Waals surface area contributed by atoms with Crippen molar-refractivity contribution in [2.24, 2.45) is 0 Å². The van der Waals surface area contributed by atoms with Crippen molar-refractivity contribution in [1.29, 1.82) is 0 Å². The summed E-state index contributed by atoms with van der Waals surface area (Å²) >= 11 is 0. The Kier molecular flexibility index (Phi) is 9.39. The predicted octanol–water partition coefficient (Wildman–Crippen LogP) is 3.45. The Morgan fingerprint density at radius 2 is 1.96 bits per heavy atom. The first-order valence-corrected chi connectivity index (χ1v) is 10.2. The van der Waals surface area contributed by atoms with Gasteiger partial charge in [-0.3, -0.25) is 9.59 Å². The van der Waals surface area contributed by atoms with Crippen molar-refractivity contribution >= 4 is 17.9 Å². The summed E-state index contributed by atoms with van der Waals surface area (Å²) in [6.45, 7) is 2.75. The molecule has 1 aromatic rings. The highest BCUT2D eigenvalue weighted by molar-refractivity contribution is 5.94. The minimum atomic E-state index is -0.305. The van der Waals surface area contributed by atoms with Gasteiger partial charge in [0.15, 0.2) is 11.5 Å². The van der Waals surface area contributed by atoms with Crippen molar-refractivity contribution in [3.05, 3.63) is 29.8 Å². The van der Waals surface area contributed by atoms with Gasteiger partial charge in [0.25, 0.3) is 0 Å². The lowest BCUT2D eigenvalue weighted by Crippen LogP contribution is -2.42. The van der Waals surface area contributed by atoms with Gasteiger partial charge in [0.1, 0.15) is 0 Å². The van der Waals surface area contributed by atoms with E-state index >= 15 is 0 Å². The van der Waals surface area contributed by atoms with E-state index < -0.39 is 0 Å². The standard InChI is InChI=1S/C22H32N2O4/c1-3-4-14-28-19-12-10-17(15-20(19)27-2)11-13-21(25)23-16-22(26)24-18-8-6-5-7-9-18/h10-13,15,18H,3-9,14,16H2,1-2H3,(H,23,25)(H,24,26)/b13-11+. The molecule has 0 atom stereocenters. The Morgan fingerprint density at radius 3 is 2.68 bits per heavy atom. The van der Waals surface area contributed by atoms with Gasteiger partial charge in [0.2, 0.25) is 11.8 Å². The van der Waals surface area contributed by atoms with Crippen molar-refractivity contribution in [3.63, 3.8) is 0 Å². The van der Waals surface area contributed by atoms with E-state index in [-0.39, 0.29) is 24.4 Å². The molecule has 2 rings (SSSR count). The van der Waals surface area contributed by atoms with Gasteiger partial charge in [-0.25, -0.2) is 0 Å². The number of hydrogen-bond donors (Lipinski definition) is 2. The van der Waals surface area contributed by atoms with Crippen molar-refractivity contribution in [2.45, 2.75) is 57.9 Å². The smallest absolute Gasteiger partial charge is 0.244 e. The lowest BCUT2D eigenvalue weighted by molar-refractivity contribution is -0.124. The summed E-state index contributed by atoms with van der Waals surface area (Å²) in [5.74, 6) is 0.882. The number of benzene rings is 1. The summed E-state index contributed by atoms with van der Waals surface area (Å²) in [6, 6.07) is 5.77. The SMILES string of the molecule is CCCCOc1ccc(/C=C/C(=O)NCC(=O)NC2CCCCC2)cc1OC. The first kappa shape index (κ1) is 21.8. The number of amides is 2. The lowest BCUT2D eigenvalue weighted by Gasteiger charge is -2.22. The minimum absolute atomic E-state index is 0.00675. The minimum Gasteiger partial charge on any atom is -0.493 e. The third-order valence-corrected chi connectivity index (χ3v) is 4.76. The van der Waals surface area contributed by atoms with Gasteiger partial charge in [0.05, 0.1) is 20.3 Å². The molecule has 0 heterocycles. The van der Waals surface area contributed by atoms with E-state index in [2.05, 4.69) is 17.6 Å². The fourth-order valence-corrected chi connectivity index (χ4v) is 3.16. The first-order valence-electron chi connectivity index (χ1n) is 10.2. The number of carbonyl (C=O) groups excluding carboxylic acids is 2. The molecule has 0 unspecified atom stereocenters. The molecule has 0 aliphatic heterocycles. The van der Waals surface area contributed by atoms with Crippen LogP contribution in [0.25, 0.3) is 6.08 Å². The maximum Gasteiger partial charge on any atom is 0.244 e. The quantitative estimate of drug-likeness (QED) is 0.475. The highest BCUT2D eigenvalue weighted by Crippen LogP contribution is 2.28. The number of ether oxygens (including phenoxy) is 2. The van der Waals surface area contributed by atoms with Gasteiger partial charge in [-0.05, 0) is 43.0 Å². The molecule has 154 valence electrons. The number of nitrogens with one attached hydrogen (secondary N) is 2. The number of methoxy groups -OCH3 is 1. The molecule has 28 heavy (non-hydrogen) atoms. The van der Waals surface area contributed by atoms with Crippen LogP contribution in [0.15, 0.2) is 24.3 Å². The highest BCUT2D eigenvalue weighted by Gasteiger charge is 2.15. The van der Waals surface area contributed by atoms with Gasteiger partial charge in [-0.15, -0.1) is 0 Å². The van der Waals surface area contributed by atoms with Crippen LogP contribution in [0.2, 0.25) is 0 Å². The molecule has 0 radical (unpaired) electrons. The average molecular weight is 389 g/mol. The summed E-state index contributed by atoms with van der Waals surface area (Å²) in [7, 11) is 1.59. The molecule has 1 aliphatic rings. The van der Waals surface area contributed by atoms with Crippen LogP contribution in [0.3, 0.4) is 0 Å². The Balaban J connectivity index is 1.79. The monoisotopic (exact) mass is 388 g/mol. The lowest BCUT2D eigenvalue weighted by atomic mass is 9.95. The number of unbranched alkanes of at least 4 members (excludes halogenated alkanes) is 1. The molecule has 0 aromatic heterocycles. The molecular formula is C22H32N2O4. The van der Waals surface area contributed by atoms with Crippen LogP contribution in [-0.4, -0.2) is 38.1 Å². The van der Waals surface area contributed by atoms with E-state index in [1.165, 1.54) is 12.5 Å². The second kappa shape index (κ2) is 12.1. The number of carbonyl (C=O) groups is 2. The molecule has 0 saturated heterocycles. The summed E-state index contributed by atoms with van der Waals surface area (Å²) in [5, 5.41) is 5.60. The van der Waals surface area contributed by atoms with Gasteiger partial charge >= 0.3 is 0 Å². The fraction of sp³-hybridized carbons (Fsp3) is 0.545. The van der Waals surface area contributed by atoms with Crippen molar-refractivity contribution < 1.29 is 19.1 Å². The highest BCUT2D eigenvalue weighted by atomic mass is 16.5. The van der Waals surface area contributed by atoms with E-state index in [4.69, 9.17) is 9.47 Å². The molecule has 1 saturated carbocycles. The zero-order chi connectivity index (χ0) is 20.2. The van der Waals surface area contributed by atoms with Crippen LogP contribution in [0.5, 0.6) is 11.5 Å². The molecule has 0 spiro atoms. The molecule has 0 bridgehead atoms. The van der Waals surface area contributed by atoms with Crippen molar-refractivity contribution in [2.75, 3.05) is 20.3 Å². The van der Waals surface area contributed by atoms with Crippen LogP contribution in [-0.2, 0) is 9.59 Å². The Hall–Kier alpha value is -2.50. The molecule has 2 amide bonds. The molecule has 6 heteroatoms. The van der Waals surface area contributed by atoms with Crippen molar-refractivity contribution in [3.8, 4) is 11.5 Å². The first-order chi connectivity index (χ1) is 13.6. The predicted molar refractivity (Wildman–Crippen MR) is 110 cm³/mol. The second-order valence-electron chi connectivity index (χ2n) is 7.07. The summed E-state index contributed by atoms with van der Waals surface area (Å²) in [5.41, 5.74) is 0.821. The summed E-state index contributed by atoms with van der Waals surface area (Å²) in [4.78, 5) is 23.9. The molecule has 1 aromatic carbocycles. The van der Waals surface area contributed by atoms with E-state index in [0.29, 0.717) is 18.1 Å². The zero-order valence-corrected chi connectivity index (χ0v) is 17.0. The number of hydrogen-bond acceptors (Lipinski definition) is 4. The van der Waals surface area contributed by atoms with Crippen molar-refractivity contribution in [1.82, 2.24) is 10.6 Å². The molecular weight excluding hydrogens is 356 g/mol. The Bertz CT molecular complexity index is 667. The molecule has 1 aliphatic carbocycles. The van der Waals surface area contributed by atoms with Gasteiger partial charge in [-0.1, -0.05) is 38.7 Å². The van der Waals surface area contributed by atoms with Gasteiger partial charge < -0.3 is 20.1 Å². The third kappa shape index (κ3) is 7.62. The average Bonchev–Trinajstić information content (AvgIpc) is 2.72. The van der Waals surface area contributed by atoms with E-state index in [9.17, 15) is 9.59 Å². The summed E-state index contributed by atoms with van der Waals surface area (Å²) in [6.07, 6.45) is 10.8. The zero-order valence-electron chi connectivity index (χ0n) is 17.0. The van der Waals surface area contributed by atoms with Crippen LogP contribution in [0.4, 0.5) is 0 Å². The fourth-order valence-electron chi connectivity index (χ4n) is 3.16. The Labute approximate surface area is 167 Å². The normalized spacial score (nSPS) is 14.6. The molecule has 1 fully saturated rings. The Morgan fingerprint density at radius 1 is 1.18 bits per heavy atom. The van der Waals surface area contributed by atoms with Crippen LogP contribution < -0.4 is 20.1 Å².